The minimum absolute atomic E-state index is 0.146. The lowest BCUT2D eigenvalue weighted by Gasteiger charge is -2.38. The number of carbonyl (C=O) groups is 1. The van der Waals surface area contributed by atoms with Gasteiger partial charge in [-0.1, -0.05) is 30.7 Å². The van der Waals surface area contributed by atoms with E-state index in [1.54, 1.807) is 6.33 Å². The normalized spacial score (nSPS) is 22.0. The number of benzene rings is 1. The average molecular weight is 444 g/mol. The molecule has 8 heteroatoms. The third kappa shape index (κ3) is 4.54. The van der Waals surface area contributed by atoms with Gasteiger partial charge in [0.05, 0.1) is 17.7 Å². The molecule has 1 saturated heterocycles. The maximum Gasteiger partial charge on any atom is 0.231 e. The zero-order valence-electron chi connectivity index (χ0n) is 18.3. The minimum atomic E-state index is -0.513. The molecule has 1 aliphatic heterocycles. The molecule has 1 N–H and O–H groups in total. The first-order valence-electron chi connectivity index (χ1n) is 10.8. The van der Waals surface area contributed by atoms with E-state index in [1.165, 1.54) is 0 Å². The van der Waals surface area contributed by atoms with Crippen molar-refractivity contribution in [1.29, 1.82) is 0 Å². The Morgan fingerprint density at radius 2 is 1.87 bits per heavy atom. The Morgan fingerprint density at radius 1 is 1.19 bits per heavy atom. The molecule has 1 aliphatic carbocycles. The third-order valence-corrected chi connectivity index (χ3v) is 6.54. The molecule has 1 aromatic carbocycles. The number of carbonyl (C=O) groups excluding carboxylic acids is 1. The Kier molecular flexibility index (Phi) is 6.46. The predicted octanol–water partition coefficient (Wildman–Crippen LogP) is 2.66. The van der Waals surface area contributed by atoms with Crippen molar-refractivity contribution in [2.24, 2.45) is 0 Å². The first kappa shape index (κ1) is 22.0. The lowest BCUT2D eigenvalue weighted by molar-refractivity contribution is -0.133. The summed E-state index contributed by atoms with van der Waals surface area (Å²) in [7, 11) is 3.97. The summed E-state index contributed by atoms with van der Waals surface area (Å²) in [5.74, 6) is 1.06. The van der Waals surface area contributed by atoms with Crippen LogP contribution < -0.4 is 4.90 Å². The van der Waals surface area contributed by atoms with Crippen molar-refractivity contribution >= 4 is 23.3 Å². The molecule has 2 aromatic rings. The molecular weight excluding hydrogens is 414 g/mol. The molecule has 4 rings (SSSR count). The SMILES string of the molecule is C[C@@H]1C[C@@H](O)c2ncnc(N3CCN(C(=O)[C@H](CN(C)C)c4ccc(Cl)cc4)CC3)c21. The second-order valence-electron chi connectivity index (χ2n) is 8.83. The lowest BCUT2D eigenvalue weighted by atomic mass is 9.96. The molecule has 2 aliphatic rings. The van der Waals surface area contributed by atoms with Crippen LogP contribution in [0.4, 0.5) is 5.82 Å². The number of halogens is 1. The van der Waals surface area contributed by atoms with Crippen molar-refractivity contribution in [2.75, 3.05) is 51.7 Å². The molecule has 1 amide bonds. The molecule has 0 spiro atoms. The van der Waals surface area contributed by atoms with E-state index in [4.69, 9.17) is 11.6 Å². The number of hydrogen-bond donors (Lipinski definition) is 1. The first-order valence-corrected chi connectivity index (χ1v) is 11.2. The second kappa shape index (κ2) is 9.10. The van der Waals surface area contributed by atoms with E-state index in [1.807, 2.05) is 48.2 Å². The molecule has 0 bridgehead atoms. The molecule has 31 heavy (non-hydrogen) atoms. The van der Waals surface area contributed by atoms with E-state index >= 15 is 0 Å². The number of nitrogens with zero attached hydrogens (tertiary/aromatic N) is 5. The molecule has 7 nitrogen and oxygen atoms in total. The minimum Gasteiger partial charge on any atom is -0.387 e. The molecule has 0 unspecified atom stereocenters. The maximum absolute atomic E-state index is 13.4. The fraction of sp³-hybridized carbons (Fsp3) is 0.522. The highest BCUT2D eigenvalue weighted by atomic mass is 35.5. The van der Waals surface area contributed by atoms with Gasteiger partial charge in [-0.2, -0.15) is 0 Å². The fourth-order valence-corrected chi connectivity index (χ4v) is 4.83. The fourth-order valence-electron chi connectivity index (χ4n) is 4.70. The van der Waals surface area contributed by atoms with Gasteiger partial charge in [0.25, 0.3) is 0 Å². The number of aliphatic hydroxyl groups excluding tert-OH is 1. The van der Waals surface area contributed by atoms with Crippen LogP contribution in [-0.2, 0) is 4.79 Å². The van der Waals surface area contributed by atoms with Crippen LogP contribution in [-0.4, -0.2) is 77.6 Å². The summed E-state index contributed by atoms with van der Waals surface area (Å²) in [6.07, 6.45) is 1.72. The summed E-state index contributed by atoms with van der Waals surface area (Å²) in [6.45, 7) is 5.48. The van der Waals surface area contributed by atoms with Gasteiger partial charge in [0.15, 0.2) is 0 Å². The van der Waals surface area contributed by atoms with E-state index in [2.05, 4.69) is 21.8 Å². The van der Waals surface area contributed by atoms with Gasteiger partial charge in [-0.05, 0) is 44.1 Å². The van der Waals surface area contributed by atoms with Gasteiger partial charge in [0.2, 0.25) is 5.91 Å². The zero-order valence-corrected chi connectivity index (χ0v) is 19.1. The van der Waals surface area contributed by atoms with Crippen LogP contribution in [0.1, 0.15) is 48.1 Å². The molecule has 0 saturated carbocycles. The highest BCUT2D eigenvalue weighted by Crippen LogP contribution is 2.42. The Morgan fingerprint density at radius 3 is 2.52 bits per heavy atom. The average Bonchev–Trinajstić information content (AvgIpc) is 3.06. The third-order valence-electron chi connectivity index (χ3n) is 6.29. The Balaban J connectivity index is 1.48. The van der Waals surface area contributed by atoms with Gasteiger partial charge in [-0.25, -0.2) is 9.97 Å². The van der Waals surface area contributed by atoms with Gasteiger partial charge >= 0.3 is 0 Å². The van der Waals surface area contributed by atoms with Gasteiger partial charge in [-0.3, -0.25) is 4.79 Å². The van der Waals surface area contributed by atoms with Crippen LogP contribution in [0, 0.1) is 0 Å². The number of aliphatic hydroxyl groups is 1. The highest BCUT2D eigenvalue weighted by Gasteiger charge is 2.35. The molecule has 0 radical (unpaired) electrons. The summed E-state index contributed by atoms with van der Waals surface area (Å²) in [5, 5.41) is 10.9. The van der Waals surface area contributed by atoms with E-state index in [9.17, 15) is 9.90 Å². The van der Waals surface area contributed by atoms with Crippen LogP contribution in [0.2, 0.25) is 5.02 Å². The van der Waals surface area contributed by atoms with Gasteiger partial charge in [0, 0.05) is 43.3 Å². The van der Waals surface area contributed by atoms with Gasteiger partial charge in [0.1, 0.15) is 12.1 Å². The van der Waals surface area contributed by atoms with Crippen LogP contribution in [0.25, 0.3) is 0 Å². The number of piperazine rings is 1. The summed E-state index contributed by atoms with van der Waals surface area (Å²) < 4.78 is 0. The number of anilines is 1. The van der Waals surface area contributed by atoms with Crippen molar-refractivity contribution in [1.82, 2.24) is 19.8 Å². The first-order chi connectivity index (χ1) is 14.8. The van der Waals surface area contributed by atoms with Crippen molar-refractivity contribution in [3.05, 3.63) is 52.4 Å². The van der Waals surface area contributed by atoms with E-state index < -0.39 is 6.10 Å². The van der Waals surface area contributed by atoms with Crippen molar-refractivity contribution in [2.45, 2.75) is 31.3 Å². The van der Waals surface area contributed by atoms with Crippen LogP contribution >= 0.6 is 11.6 Å². The van der Waals surface area contributed by atoms with Crippen molar-refractivity contribution in [3.8, 4) is 0 Å². The molecule has 3 atom stereocenters. The Bertz CT molecular complexity index is 928. The lowest BCUT2D eigenvalue weighted by Crippen LogP contribution is -2.51. The number of likely N-dealkylation sites (N-methyl/N-ethyl adjacent to an activating group) is 1. The molecule has 1 fully saturated rings. The molecule has 166 valence electrons. The highest BCUT2D eigenvalue weighted by molar-refractivity contribution is 6.30. The number of aromatic nitrogens is 2. The maximum atomic E-state index is 13.4. The summed E-state index contributed by atoms with van der Waals surface area (Å²) in [5.41, 5.74) is 2.80. The monoisotopic (exact) mass is 443 g/mol. The Hall–Kier alpha value is -2.22. The zero-order chi connectivity index (χ0) is 22.1. The quantitative estimate of drug-likeness (QED) is 0.765. The van der Waals surface area contributed by atoms with Gasteiger partial charge in [-0.15, -0.1) is 0 Å². The van der Waals surface area contributed by atoms with E-state index in [0.29, 0.717) is 44.2 Å². The van der Waals surface area contributed by atoms with Crippen LogP contribution in [0.3, 0.4) is 0 Å². The van der Waals surface area contributed by atoms with Crippen molar-refractivity contribution in [3.63, 3.8) is 0 Å². The summed E-state index contributed by atoms with van der Waals surface area (Å²) >= 11 is 6.05. The van der Waals surface area contributed by atoms with E-state index in [0.717, 1.165) is 22.6 Å². The smallest absolute Gasteiger partial charge is 0.231 e. The predicted molar refractivity (Wildman–Crippen MR) is 122 cm³/mol. The van der Waals surface area contributed by atoms with Crippen LogP contribution in [0.15, 0.2) is 30.6 Å². The summed E-state index contributed by atoms with van der Waals surface area (Å²) in [4.78, 5) is 28.5. The number of fused-ring (bicyclic) bond motifs is 1. The Labute approximate surface area is 188 Å². The molecular formula is C23H30ClN5O2. The second-order valence-corrected chi connectivity index (χ2v) is 9.26. The van der Waals surface area contributed by atoms with Gasteiger partial charge < -0.3 is 19.8 Å². The largest absolute Gasteiger partial charge is 0.387 e. The number of amides is 1. The summed E-state index contributed by atoms with van der Waals surface area (Å²) in [6, 6.07) is 7.58. The van der Waals surface area contributed by atoms with Crippen molar-refractivity contribution < 1.29 is 9.90 Å². The molecule has 2 heterocycles. The van der Waals surface area contributed by atoms with E-state index in [-0.39, 0.29) is 17.7 Å². The number of hydrogen-bond acceptors (Lipinski definition) is 6. The standard InChI is InChI=1S/C23H30ClN5O2/c1-15-12-19(30)21-20(15)22(26-14-25-21)28-8-10-29(11-9-28)23(31)18(13-27(2)3)16-4-6-17(24)7-5-16/h4-7,14-15,18-19,30H,8-13H2,1-3H3/t15-,18-,19-/m1/s1. The topological polar surface area (TPSA) is 72.8 Å². The van der Waals surface area contributed by atoms with Crippen LogP contribution in [0.5, 0.6) is 0 Å². The molecule has 1 aromatic heterocycles. The number of rotatable bonds is 5.